The van der Waals surface area contributed by atoms with E-state index in [1.54, 1.807) is 7.05 Å². The zero-order chi connectivity index (χ0) is 15.4. The molecule has 1 N–H and O–H groups in total. The molecule has 5 nitrogen and oxygen atoms in total. The topological polar surface area (TPSA) is 53.9 Å². The normalized spacial score (nSPS) is 12.1. The van der Waals surface area contributed by atoms with Gasteiger partial charge in [0.25, 0.3) is 0 Å². The van der Waals surface area contributed by atoms with Crippen molar-refractivity contribution in [2.45, 2.75) is 32.6 Å². The smallest absolute Gasteiger partial charge is 0.310 e. The number of allylic oxidation sites excluding steroid dienone is 1. The van der Waals surface area contributed by atoms with Gasteiger partial charge >= 0.3 is 5.97 Å². The summed E-state index contributed by atoms with van der Waals surface area (Å²) in [6.45, 7) is 7.03. The van der Waals surface area contributed by atoms with Gasteiger partial charge in [-0.15, -0.1) is 30.6 Å². The molecule has 21 heavy (non-hydrogen) atoms. The quantitative estimate of drug-likeness (QED) is 0.158. The Labute approximate surface area is 146 Å². The zero-order valence-electron chi connectivity index (χ0n) is 13.7. The summed E-state index contributed by atoms with van der Waals surface area (Å²) < 4.78 is 4.70. The Morgan fingerprint density at radius 3 is 2.62 bits per heavy atom. The molecule has 0 aliphatic carbocycles. The van der Waals surface area contributed by atoms with E-state index in [9.17, 15) is 4.79 Å². The summed E-state index contributed by atoms with van der Waals surface area (Å²) in [5.74, 6) is 0.419. The predicted octanol–water partition coefficient (Wildman–Crippen LogP) is 2.67. The first kappa shape index (κ1) is 22.5. The third-order valence-electron chi connectivity index (χ3n) is 3.15. The number of carbonyl (C=O) groups is 1. The van der Waals surface area contributed by atoms with Crippen LogP contribution in [0.2, 0.25) is 0 Å². The summed E-state index contributed by atoms with van der Waals surface area (Å²) in [5, 5.41) is 3.20. The van der Waals surface area contributed by atoms with Crippen LogP contribution in [0, 0.1) is 5.92 Å². The minimum atomic E-state index is -0.208. The molecule has 0 aliphatic heterocycles. The number of esters is 1. The van der Waals surface area contributed by atoms with Crippen molar-refractivity contribution in [3.05, 3.63) is 12.7 Å². The van der Waals surface area contributed by atoms with E-state index in [1.807, 2.05) is 20.0 Å². The van der Waals surface area contributed by atoms with Crippen LogP contribution in [-0.4, -0.2) is 51.1 Å². The van der Waals surface area contributed by atoms with Crippen LogP contribution in [0.5, 0.6) is 0 Å². The Morgan fingerprint density at radius 1 is 1.43 bits per heavy atom. The maximum absolute atomic E-state index is 11.3. The molecular weight excluding hydrogens is 381 g/mol. The Morgan fingerprint density at radius 2 is 2.10 bits per heavy atom. The third-order valence-corrected chi connectivity index (χ3v) is 3.15. The monoisotopic (exact) mass is 411 g/mol. The van der Waals surface area contributed by atoms with Crippen LogP contribution in [0.4, 0.5) is 0 Å². The summed E-state index contributed by atoms with van der Waals surface area (Å²) in [5.41, 5.74) is 0. The molecular formula is C15H30IN3O2. The first-order chi connectivity index (χ1) is 9.56. The molecule has 0 spiro atoms. The van der Waals surface area contributed by atoms with Crippen LogP contribution in [-0.2, 0) is 9.53 Å². The van der Waals surface area contributed by atoms with Crippen molar-refractivity contribution in [2.24, 2.45) is 10.9 Å². The highest BCUT2D eigenvalue weighted by molar-refractivity contribution is 14.0. The van der Waals surface area contributed by atoms with Gasteiger partial charge in [-0.25, -0.2) is 0 Å². The fourth-order valence-electron chi connectivity index (χ4n) is 1.83. The Balaban J connectivity index is 0. The van der Waals surface area contributed by atoms with Crippen LogP contribution in [0.1, 0.15) is 32.6 Å². The number of nitrogens with one attached hydrogen (secondary N) is 1. The second-order valence-electron chi connectivity index (χ2n) is 4.91. The molecule has 1 atom stereocenters. The Hall–Kier alpha value is -0.790. The molecule has 124 valence electrons. The van der Waals surface area contributed by atoms with Crippen molar-refractivity contribution in [3.63, 3.8) is 0 Å². The van der Waals surface area contributed by atoms with Gasteiger partial charge in [-0.05, 0) is 19.3 Å². The number of hydrogen-bond acceptors (Lipinski definition) is 3. The van der Waals surface area contributed by atoms with E-state index in [-0.39, 0.29) is 35.9 Å². The number of rotatable bonds is 9. The van der Waals surface area contributed by atoms with Crippen LogP contribution in [0.15, 0.2) is 17.6 Å². The number of halogens is 1. The number of aliphatic imine (C=N–C) groups is 1. The summed E-state index contributed by atoms with van der Waals surface area (Å²) in [6.07, 6.45) is 6.53. The molecule has 0 fully saturated rings. The van der Waals surface area contributed by atoms with Crippen molar-refractivity contribution in [1.29, 1.82) is 0 Å². The zero-order valence-corrected chi connectivity index (χ0v) is 16.1. The molecule has 0 saturated carbocycles. The van der Waals surface area contributed by atoms with Gasteiger partial charge in [-0.1, -0.05) is 19.4 Å². The first-order valence-electron chi connectivity index (χ1n) is 7.17. The summed E-state index contributed by atoms with van der Waals surface area (Å²) >= 11 is 0. The van der Waals surface area contributed by atoms with Gasteiger partial charge in [0, 0.05) is 27.2 Å². The molecule has 1 unspecified atom stereocenters. The summed E-state index contributed by atoms with van der Waals surface area (Å²) in [4.78, 5) is 17.6. The number of unbranched alkanes of at least 4 members (excludes halogenated alkanes) is 3. The van der Waals surface area contributed by atoms with Crippen molar-refractivity contribution >= 4 is 35.9 Å². The molecule has 0 aromatic carbocycles. The maximum Gasteiger partial charge on any atom is 0.310 e. The number of nitrogens with zero attached hydrogens (tertiary/aromatic N) is 2. The summed E-state index contributed by atoms with van der Waals surface area (Å²) in [7, 11) is 5.16. The van der Waals surface area contributed by atoms with E-state index in [2.05, 4.69) is 21.8 Å². The van der Waals surface area contributed by atoms with Crippen molar-refractivity contribution in [1.82, 2.24) is 10.2 Å². The number of ether oxygens (including phenoxy) is 1. The van der Waals surface area contributed by atoms with E-state index in [0.717, 1.165) is 25.3 Å². The van der Waals surface area contributed by atoms with E-state index < -0.39 is 0 Å². The lowest BCUT2D eigenvalue weighted by molar-refractivity contribution is -0.144. The maximum atomic E-state index is 11.3. The highest BCUT2D eigenvalue weighted by Gasteiger charge is 2.14. The SMILES string of the molecule is C=CCCCCCN(C)C(=NC)NCC(C)C(=O)OC.I. The van der Waals surface area contributed by atoms with Crippen LogP contribution >= 0.6 is 24.0 Å². The highest BCUT2D eigenvalue weighted by Crippen LogP contribution is 2.02. The Kier molecular flexibility index (Phi) is 15.2. The van der Waals surface area contributed by atoms with E-state index in [4.69, 9.17) is 4.74 Å². The molecule has 6 heteroatoms. The number of carbonyl (C=O) groups excluding carboxylic acids is 1. The lowest BCUT2D eigenvalue weighted by atomic mass is 10.2. The molecule has 0 aromatic heterocycles. The molecule has 0 amide bonds. The molecule has 0 rings (SSSR count). The second-order valence-corrected chi connectivity index (χ2v) is 4.91. The Bertz CT molecular complexity index is 322. The second kappa shape index (κ2) is 14.2. The molecule has 0 aromatic rings. The minimum absolute atomic E-state index is 0. The van der Waals surface area contributed by atoms with Crippen molar-refractivity contribution in [2.75, 3.05) is 34.3 Å². The van der Waals surface area contributed by atoms with Crippen LogP contribution in [0.25, 0.3) is 0 Å². The van der Waals surface area contributed by atoms with Crippen molar-refractivity contribution < 1.29 is 9.53 Å². The average Bonchev–Trinajstić information content (AvgIpc) is 2.46. The van der Waals surface area contributed by atoms with Gasteiger partial charge in [-0.3, -0.25) is 9.79 Å². The molecule has 0 aliphatic rings. The van der Waals surface area contributed by atoms with Crippen LogP contribution in [0.3, 0.4) is 0 Å². The predicted molar refractivity (Wildman–Crippen MR) is 99.3 cm³/mol. The first-order valence-corrected chi connectivity index (χ1v) is 7.17. The number of methoxy groups -OCH3 is 1. The van der Waals surface area contributed by atoms with Gasteiger partial charge in [0.2, 0.25) is 0 Å². The molecule has 0 radical (unpaired) electrons. The fourth-order valence-corrected chi connectivity index (χ4v) is 1.83. The van der Waals surface area contributed by atoms with E-state index >= 15 is 0 Å². The van der Waals surface area contributed by atoms with Gasteiger partial charge < -0.3 is 15.0 Å². The van der Waals surface area contributed by atoms with Gasteiger partial charge in [0.05, 0.1) is 13.0 Å². The van der Waals surface area contributed by atoms with Gasteiger partial charge in [0.1, 0.15) is 0 Å². The van der Waals surface area contributed by atoms with Crippen molar-refractivity contribution in [3.8, 4) is 0 Å². The van der Waals surface area contributed by atoms with E-state index in [0.29, 0.717) is 6.54 Å². The lowest BCUT2D eigenvalue weighted by Crippen LogP contribution is -2.42. The van der Waals surface area contributed by atoms with Crippen LogP contribution < -0.4 is 5.32 Å². The fraction of sp³-hybridized carbons (Fsp3) is 0.733. The molecule has 0 bridgehead atoms. The average molecular weight is 411 g/mol. The molecule has 0 heterocycles. The molecule has 0 saturated heterocycles. The van der Waals surface area contributed by atoms with Gasteiger partial charge in [0.15, 0.2) is 5.96 Å². The minimum Gasteiger partial charge on any atom is -0.469 e. The number of hydrogen-bond donors (Lipinski definition) is 1. The van der Waals surface area contributed by atoms with Gasteiger partial charge in [-0.2, -0.15) is 0 Å². The summed E-state index contributed by atoms with van der Waals surface area (Å²) in [6, 6.07) is 0. The van der Waals surface area contributed by atoms with E-state index in [1.165, 1.54) is 20.0 Å². The highest BCUT2D eigenvalue weighted by atomic mass is 127. The lowest BCUT2D eigenvalue weighted by Gasteiger charge is -2.23. The third kappa shape index (κ3) is 10.6. The largest absolute Gasteiger partial charge is 0.469 e. The standard InChI is InChI=1S/C15H29N3O2.HI/c1-6-7-8-9-10-11-18(4)15(16-3)17-12-13(2)14(19)20-5;/h6,13H,1,7-12H2,2-5H3,(H,16,17);1H. The number of guanidine groups is 1.